The second kappa shape index (κ2) is 5.78. The number of rotatable bonds is 5. The van der Waals surface area contributed by atoms with Gasteiger partial charge >= 0.3 is 0 Å². The van der Waals surface area contributed by atoms with Crippen LogP contribution < -0.4 is 11.1 Å². The van der Waals surface area contributed by atoms with Crippen LogP contribution in [0.2, 0.25) is 0 Å². The standard InChI is InChI=1S/C12H15N7S2/c1-3-19-6-15-17-8(19)4-14-11-9(10(13)18-21-11)12-16-7(2)5-20-12/h5-6,14H,3-4H2,1-2H3,(H2,13,18). The SMILES string of the molecule is CCn1cnnc1CNc1snc(N)c1-c1nc(C)cs1. The van der Waals surface area contributed by atoms with Gasteiger partial charge in [0.15, 0.2) is 5.82 Å². The molecule has 0 saturated heterocycles. The summed E-state index contributed by atoms with van der Waals surface area (Å²) in [7, 11) is 0. The minimum absolute atomic E-state index is 0.508. The molecule has 0 aliphatic heterocycles. The summed E-state index contributed by atoms with van der Waals surface area (Å²) in [5, 5.41) is 15.2. The number of aromatic nitrogens is 5. The van der Waals surface area contributed by atoms with Gasteiger partial charge in [-0.3, -0.25) is 0 Å². The van der Waals surface area contributed by atoms with Crippen molar-refractivity contribution in [2.45, 2.75) is 26.9 Å². The van der Waals surface area contributed by atoms with Crippen molar-refractivity contribution >= 4 is 33.7 Å². The van der Waals surface area contributed by atoms with E-state index >= 15 is 0 Å². The Labute approximate surface area is 130 Å². The van der Waals surface area contributed by atoms with Crippen LogP contribution in [0.1, 0.15) is 18.4 Å². The zero-order valence-corrected chi connectivity index (χ0v) is 13.3. The third kappa shape index (κ3) is 2.74. The van der Waals surface area contributed by atoms with E-state index in [-0.39, 0.29) is 0 Å². The van der Waals surface area contributed by atoms with Crippen LogP contribution in [-0.2, 0) is 13.1 Å². The van der Waals surface area contributed by atoms with Crippen LogP contribution in [0.15, 0.2) is 11.7 Å². The lowest BCUT2D eigenvalue weighted by Crippen LogP contribution is -2.07. The molecule has 0 fully saturated rings. The zero-order valence-electron chi connectivity index (χ0n) is 11.7. The van der Waals surface area contributed by atoms with Crippen LogP contribution in [0.25, 0.3) is 10.6 Å². The van der Waals surface area contributed by atoms with Gasteiger partial charge in [-0.1, -0.05) is 0 Å². The van der Waals surface area contributed by atoms with Gasteiger partial charge in [-0.25, -0.2) is 4.98 Å². The van der Waals surface area contributed by atoms with E-state index in [9.17, 15) is 0 Å². The molecule has 0 aromatic carbocycles. The van der Waals surface area contributed by atoms with Crippen LogP contribution >= 0.6 is 22.9 Å². The highest BCUT2D eigenvalue weighted by atomic mass is 32.1. The highest BCUT2D eigenvalue weighted by molar-refractivity contribution is 7.15. The molecule has 0 atom stereocenters. The van der Waals surface area contributed by atoms with E-state index in [1.54, 1.807) is 17.7 Å². The molecule has 0 spiro atoms. The molecule has 9 heteroatoms. The molecule has 3 aromatic rings. The molecular weight excluding hydrogens is 306 g/mol. The first-order valence-corrected chi connectivity index (χ1v) is 8.12. The smallest absolute Gasteiger partial charge is 0.152 e. The molecule has 0 bridgehead atoms. The fraction of sp³-hybridized carbons (Fsp3) is 0.333. The Morgan fingerprint density at radius 1 is 1.43 bits per heavy atom. The first kappa shape index (κ1) is 14.0. The maximum absolute atomic E-state index is 5.98. The molecule has 3 aromatic heterocycles. The van der Waals surface area contributed by atoms with Crippen LogP contribution in [-0.4, -0.2) is 24.1 Å². The van der Waals surface area contributed by atoms with Gasteiger partial charge in [0.25, 0.3) is 0 Å². The Bertz CT molecular complexity index is 742. The monoisotopic (exact) mass is 321 g/mol. The topological polar surface area (TPSA) is 94.5 Å². The highest BCUT2D eigenvalue weighted by Gasteiger charge is 2.17. The Morgan fingerprint density at radius 2 is 2.29 bits per heavy atom. The third-order valence-corrected chi connectivity index (χ3v) is 4.79. The predicted molar refractivity (Wildman–Crippen MR) is 85.4 cm³/mol. The summed E-state index contributed by atoms with van der Waals surface area (Å²) in [5.41, 5.74) is 7.84. The van der Waals surface area contributed by atoms with E-state index in [2.05, 4.69) is 31.8 Å². The van der Waals surface area contributed by atoms with Crippen LogP contribution in [0.5, 0.6) is 0 Å². The molecule has 0 unspecified atom stereocenters. The van der Waals surface area contributed by atoms with Crippen molar-refractivity contribution in [1.29, 1.82) is 0 Å². The number of nitrogens with two attached hydrogens (primary N) is 1. The van der Waals surface area contributed by atoms with E-state index in [0.29, 0.717) is 12.4 Å². The molecule has 0 amide bonds. The third-order valence-electron chi connectivity index (χ3n) is 2.99. The van der Waals surface area contributed by atoms with Crippen molar-refractivity contribution in [3.8, 4) is 10.6 Å². The van der Waals surface area contributed by atoms with E-state index < -0.39 is 0 Å². The Morgan fingerprint density at radius 3 is 3.00 bits per heavy atom. The lowest BCUT2D eigenvalue weighted by molar-refractivity contribution is 0.708. The maximum atomic E-state index is 5.98. The molecule has 0 aliphatic rings. The van der Waals surface area contributed by atoms with Gasteiger partial charge in [-0.2, -0.15) is 4.37 Å². The van der Waals surface area contributed by atoms with Gasteiger partial charge in [0, 0.05) is 17.6 Å². The van der Waals surface area contributed by atoms with E-state index in [1.807, 2.05) is 16.9 Å². The molecule has 3 heterocycles. The molecule has 110 valence electrons. The molecule has 3 N–H and O–H groups in total. The quantitative estimate of drug-likeness (QED) is 0.749. The average Bonchev–Trinajstić information content (AvgIpc) is 3.16. The fourth-order valence-electron chi connectivity index (χ4n) is 1.94. The van der Waals surface area contributed by atoms with Gasteiger partial charge < -0.3 is 15.6 Å². The molecule has 0 aliphatic carbocycles. The van der Waals surface area contributed by atoms with Crippen molar-refractivity contribution in [2.75, 3.05) is 11.1 Å². The number of hydrogen-bond donors (Lipinski definition) is 2. The van der Waals surface area contributed by atoms with Gasteiger partial charge in [0.05, 0.1) is 12.1 Å². The number of anilines is 2. The van der Waals surface area contributed by atoms with Crippen LogP contribution in [0.3, 0.4) is 0 Å². The molecule has 3 rings (SSSR count). The van der Waals surface area contributed by atoms with E-state index in [1.165, 1.54) is 11.5 Å². The molecule has 7 nitrogen and oxygen atoms in total. The van der Waals surface area contributed by atoms with Crippen molar-refractivity contribution in [1.82, 2.24) is 24.1 Å². The summed E-state index contributed by atoms with van der Waals surface area (Å²) in [5.74, 6) is 1.39. The number of hydrogen-bond acceptors (Lipinski definition) is 8. The maximum Gasteiger partial charge on any atom is 0.152 e. The summed E-state index contributed by atoms with van der Waals surface area (Å²) < 4.78 is 6.22. The van der Waals surface area contributed by atoms with Gasteiger partial charge in [0.1, 0.15) is 22.2 Å². The number of aryl methyl sites for hydroxylation is 2. The molecule has 0 saturated carbocycles. The van der Waals surface area contributed by atoms with Gasteiger partial charge in [0.2, 0.25) is 0 Å². The second-order valence-electron chi connectivity index (χ2n) is 4.45. The fourth-order valence-corrected chi connectivity index (χ4v) is 3.57. The largest absolute Gasteiger partial charge is 0.382 e. The van der Waals surface area contributed by atoms with Gasteiger partial charge in [-0.15, -0.1) is 21.5 Å². The average molecular weight is 321 g/mol. The van der Waals surface area contributed by atoms with Crippen molar-refractivity contribution in [3.63, 3.8) is 0 Å². The summed E-state index contributed by atoms with van der Waals surface area (Å²) in [6.45, 7) is 5.44. The number of nitrogen functional groups attached to an aromatic ring is 1. The highest BCUT2D eigenvalue weighted by Crippen LogP contribution is 2.38. The van der Waals surface area contributed by atoms with E-state index in [0.717, 1.165) is 33.6 Å². The second-order valence-corrected chi connectivity index (χ2v) is 6.08. The lowest BCUT2D eigenvalue weighted by atomic mass is 10.3. The minimum Gasteiger partial charge on any atom is -0.382 e. The molecule has 21 heavy (non-hydrogen) atoms. The molecule has 0 radical (unpaired) electrons. The number of nitrogens with zero attached hydrogens (tertiary/aromatic N) is 5. The first-order valence-electron chi connectivity index (χ1n) is 6.47. The van der Waals surface area contributed by atoms with Gasteiger partial charge in [-0.05, 0) is 25.4 Å². The number of nitrogens with one attached hydrogen (secondary N) is 1. The van der Waals surface area contributed by atoms with Crippen molar-refractivity contribution in [2.24, 2.45) is 0 Å². The zero-order chi connectivity index (χ0) is 14.8. The van der Waals surface area contributed by atoms with Crippen molar-refractivity contribution < 1.29 is 0 Å². The van der Waals surface area contributed by atoms with Crippen LogP contribution in [0.4, 0.5) is 10.8 Å². The summed E-state index contributed by atoms with van der Waals surface area (Å²) >= 11 is 2.91. The Kier molecular flexibility index (Phi) is 3.84. The summed E-state index contributed by atoms with van der Waals surface area (Å²) in [4.78, 5) is 4.49. The number of thiazole rings is 1. The van der Waals surface area contributed by atoms with E-state index in [4.69, 9.17) is 5.73 Å². The minimum atomic E-state index is 0.508. The predicted octanol–water partition coefficient (Wildman–Crippen LogP) is 2.38. The molecular formula is C12H15N7S2. The lowest BCUT2D eigenvalue weighted by Gasteiger charge is -2.06. The summed E-state index contributed by atoms with van der Waals surface area (Å²) in [6.07, 6.45) is 1.73. The first-order chi connectivity index (χ1) is 10.2. The normalized spacial score (nSPS) is 11.0. The Balaban J connectivity index is 1.84. The van der Waals surface area contributed by atoms with Crippen molar-refractivity contribution in [3.05, 3.63) is 23.2 Å². The summed E-state index contributed by atoms with van der Waals surface area (Å²) in [6, 6.07) is 0. The Hall–Kier alpha value is -2.00. The van der Waals surface area contributed by atoms with Crippen LogP contribution in [0, 0.1) is 6.92 Å².